The van der Waals surface area contributed by atoms with E-state index in [1.807, 2.05) is 12.1 Å². The van der Waals surface area contributed by atoms with Crippen LogP contribution in [0.4, 0.5) is 8.78 Å². The van der Waals surface area contributed by atoms with Gasteiger partial charge in [0.15, 0.2) is 23.1 Å². The first kappa shape index (κ1) is 18.2. The summed E-state index contributed by atoms with van der Waals surface area (Å²) in [7, 11) is 3.12. The number of hydrogen-bond acceptors (Lipinski definition) is 4. The van der Waals surface area contributed by atoms with Crippen LogP contribution >= 0.6 is 0 Å². The Hall–Kier alpha value is -2.18. The molecule has 2 atom stereocenters. The molecule has 2 rings (SSSR count). The average molecular weight is 337 g/mol. The number of aliphatic hydroxyl groups is 1. The lowest BCUT2D eigenvalue weighted by molar-refractivity contribution is 0.134. The Labute approximate surface area is 140 Å². The number of ether oxygens (including phenoxy) is 2. The van der Waals surface area contributed by atoms with E-state index in [1.54, 1.807) is 27.2 Å². The van der Waals surface area contributed by atoms with Crippen LogP contribution in [-0.4, -0.2) is 25.4 Å². The summed E-state index contributed by atoms with van der Waals surface area (Å²) in [6, 6.07) is 8.51. The summed E-state index contributed by atoms with van der Waals surface area (Å²) in [6.07, 6.45) is -0.975. The molecule has 0 bridgehead atoms. The second-order valence-electron chi connectivity index (χ2n) is 5.44. The predicted octanol–water partition coefficient (Wildman–Crippen LogP) is 3.19. The Morgan fingerprint density at radius 3 is 2.46 bits per heavy atom. The molecule has 2 N–H and O–H groups in total. The van der Waals surface area contributed by atoms with Crippen LogP contribution < -0.4 is 14.8 Å². The standard InChI is InChI=1S/C18H21F2NO3/c1-11(17(22)12-7-8-14(19)15(20)9-12)21-10-13-5-4-6-16(23-2)18(13)24-3/h4-9,11,17,21-22H,10H2,1-3H3. The zero-order valence-corrected chi connectivity index (χ0v) is 13.8. The normalized spacial score (nSPS) is 13.4. The predicted molar refractivity (Wildman–Crippen MR) is 87.2 cm³/mol. The molecule has 2 unspecified atom stereocenters. The molecule has 4 nitrogen and oxygen atoms in total. The first-order valence-electron chi connectivity index (χ1n) is 7.54. The van der Waals surface area contributed by atoms with E-state index in [0.717, 1.165) is 17.7 Å². The van der Waals surface area contributed by atoms with Crippen molar-refractivity contribution in [2.75, 3.05) is 14.2 Å². The Balaban J connectivity index is 2.07. The van der Waals surface area contributed by atoms with Crippen LogP contribution in [0.1, 0.15) is 24.2 Å². The zero-order valence-electron chi connectivity index (χ0n) is 13.8. The molecule has 0 saturated heterocycles. The molecule has 0 aromatic heterocycles. The number of halogens is 2. The fourth-order valence-corrected chi connectivity index (χ4v) is 2.46. The fourth-order valence-electron chi connectivity index (χ4n) is 2.46. The minimum atomic E-state index is -0.979. The summed E-state index contributed by atoms with van der Waals surface area (Å²) >= 11 is 0. The van der Waals surface area contributed by atoms with E-state index in [0.29, 0.717) is 23.6 Å². The van der Waals surface area contributed by atoms with E-state index >= 15 is 0 Å². The summed E-state index contributed by atoms with van der Waals surface area (Å²) in [5, 5.41) is 13.5. The van der Waals surface area contributed by atoms with Crippen LogP contribution in [0, 0.1) is 11.6 Å². The average Bonchev–Trinajstić information content (AvgIpc) is 2.60. The van der Waals surface area contributed by atoms with E-state index in [1.165, 1.54) is 6.07 Å². The van der Waals surface area contributed by atoms with Gasteiger partial charge in [-0.2, -0.15) is 0 Å². The van der Waals surface area contributed by atoms with Crippen molar-refractivity contribution in [2.24, 2.45) is 0 Å². The van der Waals surface area contributed by atoms with E-state index < -0.39 is 17.7 Å². The highest BCUT2D eigenvalue weighted by molar-refractivity contribution is 5.46. The highest BCUT2D eigenvalue weighted by Gasteiger charge is 2.18. The molecule has 2 aromatic rings. The van der Waals surface area contributed by atoms with Gasteiger partial charge < -0.3 is 19.9 Å². The molecule has 0 fully saturated rings. The lowest BCUT2D eigenvalue weighted by Crippen LogP contribution is -2.32. The number of para-hydroxylation sites is 1. The molecule has 6 heteroatoms. The summed E-state index contributed by atoms with van der Waals surface area (Å²) in [4.78, 5) is 0. The van der Waals surface area contributed by atoms with Gasteiger partial charge in [-0.25, -0.2) is 8.78 Å². The van der Waals surface area contributed by atoms with Crippen molar-refractivity contribution in [3.63, 3.8) is 0 Å². The first-order valence-corrected chi connectivity index (χ1v) is 7.54. The van der Waals surface area contributed by atoms with Crippen molar-refractivity contribution >= 4 is 0 Å². The van der Waals surface area contributed by atoms with E-state index in [4.69, 9.17) is 9.47 Å². The lowest BCUT2D eigenvalue weighted by atomic mass is 10.0. The summed E-state index contributed by atoms with van der Waals surface area (Å²) in [5.74, 6) is -0.687. The summed E-state index contributed by atoms with van der Waals surface area (Å²) < 4.78 is 36.9. The van der Waals surface area contributed by atoms with Gasteiger partial charge in [-0.15, -0.1) is 0 Å². The van der Waals surface area contributed by atoms with Gasteiger partial charge in [0.05, 0.1) is 20.3 Å². The van der Waals surface area contributed by atoms with Gasteiger partial charge in [-0.05, 0) is 30.7 Å². The van der Waals surface area contributed by atoms with Crippen LogP contribution in [0.2, 0.25) is 0 Å². The summed E-state index contributed by atoms with van der Waals surface area (Å²) in [5.41, 5.74) is 1.17. The van der Waals surface area contributed by atoms with Crippen LogP contribution in [0.3, 0.4) is 0 Å². The van der Waals surface area contributed by atoms with Crippen LogP contribution in [0.15, 0.2) is 36.4 Å². The molecule has 0 aliphatic rings. The number of hydrogen-bond donors (Lipinski definition) is 2. The maximum atomic E-state index is 13.3. The monoisotopic (exact) mass is 337 g/mol. The van der Waals surface area contributed by atoms with Crippen LogP contribution in [0.25, 0.3) is 0 Å². The SMILES string of the molecule is COc1cccc(CNC(C)C(O)c2ccc(F)c(F)c2)c1OC. The molecule has 0 spiro atoms. The van der Waals surface area contributed by atoms with Crippen molar-refractivity contribution in [3.05, 3.63) is 59.2 Å². The van der Waals surface area contributed by atoms with Gasteiger partial charge in [0, 0.05) is 18.2 Å². The molecule has 0 aliphatic carbocycles. The number of methoxy groups -OCH3 is 2. The molecule has 2 aromatic carbocycles. The third-order valence-corrected chi connectivity index (χ3v) is 3.86. The highest BCUT2D eigenvalue weighted by Crippen LogP contribution is 2.30. The van der Waals surface area contributed by atoms with Crippen molar-refractivity contribution in [2.45, 2.75) is 25.6 Å². The van der Waals surface area contributed by atoms with Crippen molar-refractivity contribution in [1.29, 1.82) is 0 Å². The topological polar surface area (TPSA) is 50.7 Å². The Bertz CT molecular complexity index is 694. The highest BCUT2D eigenvalue weighted by atomic mass is 19.2. The molecule has 0 heterocycles. The van der Waals surface area contributed by atoms with Crippen molar-refractivity contribution < 1.29 is 23.4 Å². The minimum Gasteiger partial charge on any atom is -0.493 e. The molecule has 0 amide bonds. The first-order chi connectivity index (χ1) is 11.5. The van der Waals surface area contributed by atoms with E-state index in [-0.39, 0.29) is 6.04 Å². The van der Waals surface area contributed by atoms with Gasteiger partial charge in [0.1, 0.15) is 0 Å². The lowest BCUT2D eigenvalue weighted by Gasteiger charge is -2.22. The summed E-state index contributed by atoms with van der Waals surface area (Å²) in [6.45, 7) is 2.18. The van der Waals surface area contributed by atoms with Gasteiger partial charge in [0.2, 0.25) is 0 Å². The molecule has 130 valence electrons. The van der Waals surface area contributed by atoms with E-state index in [9.17, 15) is 13.9 Å². The molecule has 0 radical (unpaired) electrons. The smallest absolute Gasteiger partial charge is 0.165 e. The van der Waals surface area contributed by atoms with Gasteiger partial charge >= 0.3 is 0 Å². The van der Waals surface area contributed by atoms with Gasteiger partial charge in [-0.3, -0.25) is 0 Å². The van der Waals surface area contributed by atoms with Gasteiger partial charge in [-0.1, -0.05) is 18.2 Å². The van der Waals surface area contributed by atoms with Crippen LogP contribution in [0.5, 0.6) is 11.5 Å². The third kappa shape index (κ3) is 4.01. The quantitative estimate of drug-likeness (QED) is 0.815. The zero-order chi connectivity index (χ0) is 17.7. The van der Waals surface area contributed by atoms with Gasteiger partial charge in [0.25, 0.3) is 0 Å². The number of nitrogens with one attached hydrogen (secondary N) is 1. The number of benzene rings is 2. The fraction of sp³-hybridized carbons (Fsp3) is 0.333. The minimum absolute atomic E-state index is 0.312. The maximum Gasteiger partial charge on any atom is 0.165 e. The number of rotatable bonds is 7. The van der Waals surface area contributed by atoms with E-state index in [2.05, 4.69) is 5.32 Å². The second kappa shape index (κ2) is 8.08. The second-order valence-corrected chi connectivity index (χ2v) is 5.44. The van der Waals surface area contributed by atoms with Crippen molar-refractivity contribution in [1.82, 2.24) is 5.32 Å². The van der Waals surface area contributed by atoms with Crippen molar-refractivity contribution in [3.8, 4) is 11.5 Å². The Morgan fingerprint density at radius 1 is 1.08 bits per heavy atom. The Morgan fingerprint density at radius 2 is 1.83 bits per heavy atom. The maximum absolute atomic E-state index is 13.3. The molecular weight excluding hydrogens is 316 g/mol. The van der Waals surface area contributed by atoms with Crippen LogP contribution in [-0.2, 0) is 6.54 Å². The largest absolute Gasteiger partial charge is 0.493 e. The third-order valence-electron chi connectivity index (χ3n) is 3.86. The molecular formula is C18H21F2NO3. The molecule has 0 aliphatic heterocycles. The number of aliphatic hydroxyl groups excluding tert-OH is 1. The Kier molecular flexibility index (Phi) is 6.11. The molecule has 0 saturated carbocycles. The molecule has 24 heavy (non-hydrogen) atoms.